The fraction of sp³-hybridized carbons (Fsp3) is 0.957. The van der Waals surface area contributed by atoms with Crippen LogP contribution in [0.25, 0.3) is 0 Å². The molecule has 5 heterocycles. The minimum atomic E-state index is -6.48. The van der Waals surface area contributed by atoms with Crippen LogP contribution in [0.5, 0.6) is 0 Å². The van der Waals surface area contributed by atoms with Crippen LogP contribution in [-0.2, 0) is 197 Å². The molecule has 0 aromatic heterocycles. The fourth-order valence-electron chi connectivity index (χ4n) is 11.0. The van der Waals surface area contributed by atoms with Crippen LogP contribution in [0.1, 0.15) is 0 Å². The summed E-state index contributed by atoms with van der Waals surface area (Å²) in [5.74, 6) is -4.74. The molecule has 5 rings (SSSR count). The minimum absolute atomic E-state index is 0.0388. The van der Waals surface area contributed by atoms with E-state index in [0.29, 0.717) is 13.2 Å². The summed E-state index contributed by atoms with van der Waals surface area (Å²) < 4.78 is 364. The highest BCUT2D eigenvalue weighted by atomic mass is 32.3. The number of hydrogen-bond acceptors (Lipinski definition) is 50. The molecule has 0 spiro atoms. The van der Waals surface area contributed by atoms with Crippen LogP contribution >= 0.6 is 0 Å². The molecule has 56 heteroatoms. The molecule has 102 heavy (non-hydrogen) atoms. The third-order valence-corrected chi connectivity index (χ3v) is 17.5. The molecule has 600 valence electrons. The van der Waals surface area contributed by atoms with Crippen molar-refractivity contribution in [1.82, 2.24) is 0 Å². The Morgan fingerprint density at radius 2 is 0.588 bits per heavy atom. The van der Waals surface area contributed by atoms with Gasteiger partial charge in [0.25, 0.3) is 0 Å². The van der Waals surface area contributed by atoms with Crippen molar-refractivity contribution in [2.75, 3.05) is 129 Å². The summed E-state index contributed by atoms with van der Waals surface area (Å²) in [4.78, 5) is 26.5. The quantitative estimate of drug-likeness (QED) is 0.0336. The van der Waals surface area contributed by atoms with E-state index in [-0.39, 0.29) is 39.6 Å². The smallest absolute Gasteiger partial charge is 0.218 e. The van der Waals surface area contributed by atoms with Gasteiger partial charge in [-0.05, 0) is 0 Å². The number of aliphatic carboxylic acids is 2. The lowest BCUT2D eigenvalue weighted by atomic mass is 9.94. The van der Waals surface area contributed by atoms with E-state index in [4.69, 9.17) is 105 Å². The number of hydrogen-bond donors (Lipinski definition) is 1. The molecule has 0 radical (unpaired) electrons. The normalized spacial score (nSPS) is 35.5. The number of ether oxygens (including phenoxy) is 21. The van der Waals surface area contributed by atoms with Gasteiger partial charge in [-0.3, -0.25) is 25.1 Å². The highest BCUT2D eigenvalue weighted by molar-refractivity contribution is 7.82. The van der Waals surface area contributed by atoms with Crippen molar-refractivity contribution in [3.63, 3.8) is 0 Å². The SMILES string of the molecule is CO[C@H]1O[C@H](COS(=O)(=O)[O-])[C@@H](O[C@@H]2O[C@H](C(=O)[O-])[C@@H](O[C@H]3O[C@H](COS(=O)(=O)[O-])[C@@H](O[C@@H]4O[C@H](C(=O)[O-])[C@@H](O[C@H]5O[C@H](COS(=O)(=O)[O-])[C@@H](OCCOCCOCCOCCN)[C@H](OC)[C@H]5OC)[C@H](OC)[C@H]4OC)[C@H](OS(=O)(=O)[O-])[C@H]3OS(=O)(=O)[O-])[C@H](OC)[C@H]2OC)[C@H](OC)[C@H]1OS(=O)(=O)[O-]. The maximum atomic E-state index is 13.3. The van der Waals surface area contributed by atoms with Crippen LogP contribution < -0.4 is 15.9 Å². The van der Waals surface area contributed by atoms with E-state index in [0.717, 1.165) is 56.9 Å². The molecule has 0 aromatic carbocycles. The lowest BCUT2D eigenvalue weighted by Gasteiger charge is -2.52. The number of methoxy groups -OCH3 is 8. The summed E-state index contributed by atoms with van der Waals surface area (Å²) >= 11 is 0. The van der Waals surface area contributed by atoms with E-state index in [1.807, 2.05) is 0 Å². The Balaban J connectivity index is 1.54. The summed E-state index contributed by atoms with van der Waals surface area (Å²) in [7, 11) is -28.9. The predicted molar refractivity (Wildman–Crippen MR) is 297 cm³/mol. The van der Waals surface area contributed by atoms with Crippen LogP contribution in [0.4, 0.5) is 0 Å². The topological polar surface area (TPSA) is 699 Å². The zero-order chi connectivity index (χ0) is 76.5. The lowest BCUT2D eigenvalue weighted by Crippen LogP contribution is -2.70. The summed E-state index contributed by atoms with van der Waals surface area (Å²) in [6.07, 6.45) is -57.8. The molecule has 5 aliphatic rings. The van der Waals surface area contributed by atoms with E-state index in [1.165, 1.54) is 0 Å². The minimum Gasteiger partial charge on any atom is -0.726 e. The molecule has 5 aliphatic heterocycles. The van der Waals surface area contributed by atoms with Gasteiger partial charge in [0.2, 0.25) is 62.4 Å². The number of nitrogens with two attached hydrogens (primary N) is 1. The van der Waals surface area contributed by atoms with Crippen molar-refractivity contribution >= 4 is 74.3 Å². The van der Waals surface area contributed by atoms with Crippen LogP contribution in [0.2, 0.25) is 0 Å². The van der Waals surface area contributed by atoms with E-state index in [9.17, 15) is 97.6 Å². The molecule has 0 amide bonds. The van der Waals surface area contributed by atoms with E-state index >= 15 is 0 Å². The van der Waals surface area contributed by atoms with E-state index in [2.05, 4.69) is 25.1 Å². The molecule has 0 unspecified atom stereocenters. The van der Waals surface area contributed by atoms with Crippen molar-refractivity contribution < 1.29 is 222 Å². The predicted octanol–water partition coefficient (Wildman–Crippen LogP) is -12.2. The summed E-state index contributed by atoms with van der Waals surface area (Å²) in [5, 5.41) is 26.5. The van der Waals surface area contributed by atoms with E-state index < -0.39 is 248 Å². The molecule has 5 fully saturated rings. The summed E-state index contributed by atoms with van der Waals surface area (Å²) in [5.41, 5.74) is 5.37. The second-order valence-electron chi connectivity index (χ2n) is 21.1. The number of rotatable bonds is 45. The van der Waals surface area contributed by atoms with Gasteiger partial charge >= 0.3 is 0 Å². The van der Waals surface area contributed by atoms with Gasteiger partial charge in [0.1, 0.15) is 110 Å². The molecule has 25 atom stereocenters. The Kier molecular flexibility index (Phi) is 35.3. The molecule has 0 aromatic rings. The first-order chi connectivity index (χ1) is 47.6. The Morgan fingerprint density at radius 1 is 0.314 bits per heavy atom. The van der Waals surface area contributed by atoms with Crippen molar-refractivity contribution in [2.45, 2.75) is 154 Å². The van der Waals surface area contributed by atoms with Crippen molar-refractivity contribution in [2.24, 2.45) is 5.73 Å². The number of carbonyl (C=O) groups is 2. The van der Waals surface area contributed by atoms with Gasteiger partial charge in [-0.1, -0.05) is 0 Å². The van der Waals surface area contributed by atoms with Crippen molar-refractivity contribution in [3.8, 4) is 0 Å². The number of carbonyl (C=O) groups excluding carboxylic acids is 2. The second-order valence-corrected chi connectivity index (χ2v) is 27.3. The molecule has 0 saturated carbocycles. The van der Waals surface area contributed by atoms with Crippen molar-refractivity contribution in [1.29, 1.82) is 0 Å². The average Bonchev–Trinajstić information content (AvgIpc) is 0.759. The van der Waals surface area contributed by atoms with Crippen LogP contribution in [-0.4, -0.2) is 373 Å². The third kappa shape index (κ3) is 26.8. The van der Waals surface area contributed by atoms with Gasteiger partial charge in [0.15, 0.2) is 43.7 Å². The second kappa shape index (κ2) is 40.1. The summed E-state index contributed by atoms with van der Waals surface area (Å²) in [6, 6.07) is 0. The molecule has 2 N–H and O–H groups in total. The number of carboxylic acid groups (broad SMARTS) is 2. The first-order valence-corrected chi connectivity index (χ1v) is 36.9. The molecular formula is C46H73NO49S6-8. The fourth-order valence-corrected chi connectivity index (χ4v) is 13.3. The Morgan fingerprint density at radius 3 is 0.922 bits per heavy atom. The zero-order valence-electron chi connectivity index (χ0n) is 54.2. The first kappa shape index (κ1) is 89.9. The first-order valence-electron chi connectivity index (χ1n) is 28.9. The van der Waals surface area contributed by atoms with Gasteiger partial charge < -0.3 is 152 Å². The van der Waals surface area contributed by atoms with Crippen molar-refractivity contribution in [3.05, 3.63) is 0 Å². The summed E-state index contributed by atoms with van der Waals surface area (Å²) in [6.45, 7) is -3.62. The highest BCUT2D eigenvalue weighted by Crippen LogP contribution is 2.41. The maximum absolute atomic E-state index is 13.3. The standard InChI is InChI=1S/C46H81NO49S6/c1-70-26-23(81-16-15-80-14-13-79-12-11-78-10-9-47)20(17-82-97(52,53)54)86-43(35(26)74-5)90-30-28(72-3)37(76-7)45(93-33(30)40(48)49)89-25-22(19-84-99(58,59)60)87-46(39(96-102(67,68)69)32(25)94-100(61,62)63)91-31-29(73-4)36(75-6)44(92-34(31)41(50)51)88-24-21(18-83-98(55,56)57)85-42(77-8)38(27(24)71-2)95-101(64,65)66/h20-39,42-46H,9-19,47H2,1-8H3,(H,48,49)(H,50,51)(H,52,53,54)(H,55,56,57)(H,58,59,60)(H,61,62,63)(H,64,65,66)(H,67,68,69)/p-8/t20-,21-,22-,23-,24-,25-,26+,27+,28+,29+,30+,31+,32+,33+,34+,35-,36-,37-,38-,39-,42+,43-,44-,45-,46-/m1/s1. The molecule has 0 bridgehead atoms. The largest absolute Gasteiger partial charge is 0.726 e. The maximum Gasteiger partial charge on any atom is 0.218 e. The van der Waals surface area contributed by atoms with Crippen LogP contribution in [0.15, 0.2) is 0 Å². The van der Waals surface area contributed by atoms with Gasteiger partial charge in [-0.2, -0.15) is 0 Å². The van der Waals surface area contributed by atoms with Gasteiger partial charge in [-0.25, -0.2) is 50.5 Å². The van der Waals surface area contributed by atoms with Crippen LogP contribution in [0.3, 0.4) is 0 Å². The van der Waals surface area contributed by atoms with E-state index in [1.54, 1.807) is 0 Å². The average molecular weight is 1620 g/mol. The van der Waals surface area contributed by atoms with Gasteiger partial charge in [-0.15, -0.1) is 0 Å². The highest BCUT2D eigenvalue weighted by Gasteiger charge is 2.61. The molecular weight excluding hydrogens is 1540 g/mol. The van der Waals surface area contributed by atoms with Gasteiger partial charge in [0.05, 0.1) is 78.0 Å². The Bertz CT molecular complexity index is 3300. The molecule has 50 nitrogen and oxygen atoms in total. The lowest BCUT2D eigenvalue weighted by molar-refractivity contribution is -0.401. The van der Waals surface area contributed by atoms with Gasteiger partial charge in [0, 0.05) is 63.4 Å². The third-order valence-electron chi connectivity index (χ3n) is 14.9. The Hall–Kier alpha value is -2.72. The van der Waals surface area contributed by atoms with Crippen LogP contribution in [0, 0.1) is 0 Å². The molecule has 0 aliphatic carbocycles. The number of carboxylic acids is 2. The zero-order valence-corrected chi connectivity index (χ0v) is 59.1. The Labute approximate surface area is 582 Å². The molecule has 5 saturated heterocycles. The monoisotopic (exact) mass is 1620 g/mol.